The van der Waals surface area contributed by atoms with Gasteiger partial charge in [-0.3, -0.25) is 23.4 Å². The number of unbranched alkanes of at least 4 members (excludes halogenated alkanes) is 20. The van der Waals surface area contributed by atoms with Gasteiger partial charge in [-0.25, -0.2) is 4.57 Å². The van der Waals surface area contributed by atoms with Crippen molar-refractivity contribution < 1.29 is 47.5 Å². The Morgan fingerprint density at radius 1 is 0.612 bits per heavy atom. The molecule has 4 N–H and O–H groups in total. The van der Waals surface area contributed by atoms with E-state index in [9.17, 15) is 23.8 Å². The number of carbonyl (C=O) groups excluding carboxylic acids is 2. The maximum Gasteiger partial charge on any atom is 0.472 e. The predicted molar refractivity (Wildman–Crippen MR) is 194 cm³/mol. The average Bonchev–Trinajstić information content (AvgIpc) is 3.07. The third kappa shape index (κ3) is 33.1. The molecule has 11 nitrogen and oxygen atoms in total. The predicted octanol–water partition coefficient (Wildman–Crippen LogP) is 9.34. The molecule has 0 amide bonds. The first-order valence-electron chi connectivity index (χ1n) is 19.2. The van der Waals surface area contributed by atoms with E-state index >= 15 is 0 Å². The summed E-state index contributed by atoms with van der Waals surface area (Å²) in [4.78, 5) is 45.6. The van der Waals surface area contributed by atoms with Crippen molar-refractivity contribution in [1.82, 2.24) is 0 Å². The SMILES string of the molecule is CCCCCC/C=C/CCCCCCCCCCCC(=O)O[C@@H](COC(=O)CCCCCCCCCC)COP(=O)(O)OC[C@H](N)C(=O)O. The fraction of sp³-hybridized carbons (Fsp3) is 0.865. The van der Waals surface area contributed by atoms with E-state index in [0.717, 1.165) is 38.5 Å². The Morgan fingerprint density at radius 3 is 1.51 bits per heavy atom. The Bertz CT molecular complexity index is 900. The summed E-state index contributed by atoms with van der Waals surface area (Å²) < 4.78 is 32.5. The number of rotatable bonds is 36. The molecule has 0 saturated heterocycles. The number of hydrogen-bond acceptors (Lipinski definition) is 9. The normalized spacial score (nSPS) is 14.0. The molecule has 0 aromatic rings. The van der Waals surface area contributed by atoms with Crippen LogP contribution in [-0.2, 0) is 37.5 Å². The second-order valence-electron chi connectivity index (χ2n) is 13.1. The Labute approximate surface area is 297 Å². The summed E-state index contributed by atoms with van der Waals surface area (Å²) in [6.45, 7) is 2.74. The van der Waals surface area contributed by atoms with Gasteiger partial charge >= 0.3 is 25.7 Å². The van der Waals surface area contributed by atoms with Crippen LogP contribution in [0.2, 0.25) is 0 Å². The molecule has 0 aromatic heterocycles. The van der Waals surface area contributed by atoms with E-state index in [-0.39, 0.29) is 19.4 Å². The van der Waals surface area contributed by atoms with Crippen LogP contribution in [0.25, 0.3) is 0 Å². The molecule has 12 heteroatoms. The maximum absolute atomic E-state index is 12.5. The highest BCUT2D eigenvalue weighted by atomic mass is 31.2. The summed E-state index contributed by atoms with van der Waals surface area (Å²) in [6, 6.07) is -1.52. The molecule has 0 aliphatic carbocycles. The molecule has 0 aliphatic heterocycles. The number of hydrogen-bond donors (Lipinski definition) is 3. The van der Waals surface area contributed by atoms with Gasteiger partial charge in [-0.1, -0.05) is 135 Å². The molecule has 0 spiro atoms. The zero-order valence-corrected chi connectivity index (χ0v) is 31.7. The highest BCUT2D eigenvalue weighted by Gasteiger charge is 2.28. The zero-order valence-electron chi connectivity index (χ0n) is 30.8. The van der Waals surface area contributed by atoms with Crippen molar-refractivity contribution in [3.05, 3.63) is 12.2 Å². The fourth-order valence-electron chi connectivity index (χ4n) is 5.18. The van der Waals surface area contributed by atoms with E-state index in [1.165, 1.54) is 96.3 Å². The molecule has 3 atom stereocenters. The summed E-state index contributed by atoms with van der Waals surface area (Å²) in [5.74, 6) is -2.38. The van der Waals surface area contributed by atoms with Crippen LogP contribution in [0, 0.1) is 0 Å². The van der Waals surface area contributed by atoms with E-state index in [4.69, 9.17) is 24.8 Å². The van der Waals surface area contributed by atoms with Gasteiger partial charge in [-0.2, -0.15) is 0 Å². The number of carboxylic acids is 1. The van der Waals surface area contributed by atoms with Gasteiger partial charge in [-0.15, -0.1) is 0 Å². The summed E-state index contributed by atoms with van der Waals surface area (Å²) in [5.41, 5.74) is 5.31. The zero-order chi connectivity index (χ0) is 36.4. The first-order valence-corrected chi connectivity index (χ1v) is 20.7. The largest absolute Gasteiger partial charge is 0.480 e. The lowest BCUT2D eigenvalue weighted by molar-refractivity contribution is -0.161. The number of nitrogens with two attached hydrogens (primary N) is 1. The highest BCUT2D eigenvalue weighted by molar-refractivity contribution is 7.47. The quantitative estimate of drug-likeness (QED) is 0.0244. The van der Waals surface area contributed by atoms with E-state index in [1.807, 2.05) is 0 Å². The Kier molecular flexibility index (Phi) is 32.2. The standard InChI is InChI=1S/C37H70NO10P/c1-3-5-7-9-11-13-14-15-16-17-18-19-20-21-23-25-27-29-36(40)48-33(31-46-49(43,44)47-32-34(38)37(41)42)30-45-35(39)28-26-24-22-12-10-8-6-4-2/h13-14,33-34H,3-12,15-32,38H2,1-2H3,(H,41,42)(H,43,44)/b14-13+/t33-,34-/m0/s1. The van der Waals surface area contributed by atoms with Crippen molar-refractivity contribution in [3.8, 4) is 0 Å². The second kappa shape index (κ2) is 33.4. The molecule has 1 unspecified atom stereocenters. The van der Waals surface area contributed by atoms with Crippen LogP contribution in [0.4, 0.5) is 0 Å². The number of phosphoric acid groups is 1. The van der Waals surface area contributed by atoms with Gasteiger partial charge in [0, 0.05) is 12.8 Å². The first-order chi connectivity index (χ1) is 23.6. The number of esters is 2. The van der Waals surface area contributed by atoms with Gasteiger partial charge in [0.15, 0.2) is 6.10 Å². The average molecular weight is 720 g/mol. The Morgan fingerprint density at radius 2 is 1.02 bits per heavy atom. The second-order valence-corrected chi connectivity index (χ2v) is 14.5. The lowest BCUT2D eigenvalue weighted by Gasteiger charge is -2.20. The van der Waals surface area contributed by atoms with E-state index in [1.54, 1.807) is 0 Å². The highest BCUT2D eigenvalue weighted by Crippen LogP contribution is 2.43. The van der Waals surface area contributed by atoms with Crippen LogP contribution >= 0.6 is 7.82 Å². The van der Waals surface area contributed by atoms with Crippen LogP contribution in [0.3, 0.4) is 0 Å². The molecule has 0 radical (unpaired) electrons. The molecule has 0 heterocycles. The molecule has 0 bridgehead atoms. The number of ether oxygens (including phenoxy) is 2. The summed E-state index contributed by atoms with van der Waals surface area (Å²) in [7, 11) is -4.70. The van der Waals surface area contributed by atoms with E-state index in [2.05, 4.69) is 30.5 Å². The Balaban J connectivity index is 4.35. The lowest BCUT2D eigenvalue weighted by Crippen LogP contribution is -2.34. The van der Waals surface area contributed by atoms with Crippen LogP contribution < -0.4 is 5.73 Å². The van der Waals surface area contributed by atoms with Crippen molar-refractivity contribution in [2.75, 3.05) is 19.8 Å². The maximum atomic E-state index is 12.5. The molecule has 0 aromatic carbocycles. The van der Waals surface area contributed by atoms with Gasteiger partial charge in [0.2, 0.25) is 0 Å². The van der Waals surface area contributed by atoms with Gasteiger partial charge in [0.1, 0.15) is 12.6 Å². The van der Waals surface area contributed by atoms with Crippen LogP contribution in [-0.4, -0.2) is 59.9 Å². The molecular weight excluding hydrogens is 649 g/mol. The van der Waals surface area contributed by atoms with Crippen LogP contribution in [0.5, 0.6) is 0 Å². The smallest absolute Gasteiger partial charge is 0.472 e. The number of carbonyl (C=O) groups is 3. The summed E-state index contributed by atoms with van der Waals surface area (Å²) >= 11 is 0. The minimum atomic E-state index is -4.70. The molecule has 0 fully saturated rings. The number of allylic oxidation sites excluding steroid dienone is 2. The Hall–Kier alpha value is -1.78. The monoisotopic (exact) mass is 719 g/mol. The minimum Gasteiger partial charge on any atom is -0.480 e. The minimum absolute atomic E-state index is 0.162. The number of phosphoric ester groups is 1. The number of carboxylic acid groups (broad SMARTS) is 1. The van der Waals surface area contributed by atoms with Crippen LogP contribution in [0.1, 0.15) is 174 Å². The third-order valence-electron chi connectivity index (χ3n) is 8.26. The van der Waals surface area contributed by atoms with Gasteiger partial charge in [0.25, 0.3) is 0 Å². The van der Waals surface area contributed by atoms with Crippen molar-refractivity contribution in [1.29, 1.82) is 0 Å². The number of aliphatic carboxylic acids is 1. The molecule has 0 aliphatic rings. The summed E-state index contributed by atoms with van der Waals surface area (Å²) in [5, 5.41) is 8.84. The van der Waals surface area contributed by atoms with E-state index in [0.29, 0.717) is 12.8 Å². The topological polar surface area (TPSA) is 172 Å². The van der Waals surface area contributed by atoms with Gasteiger partial charge in [0.05, 0.1) is 13.2 Å². The molecule has 49 heavy (non-hydrogen) atoms. The molecule has 0 saturated carbocycles. The van der Waals surface area contributed by atoms with Crippen LogP contribution in [0.15, 0.2) is 12.2 Å². The van der Waals surface area contributed by atoms with Crippen molar-refractivity contribution in [3.63, 3.8) is 0 Å². The first kappa shape index (κ1) is 47.2. The van der Waals surface area contributed by atoms with Gasteiger partial charge < -0.3 is 25.2 Å². The summed E-state index contributed by atoms with van der Waals surface area (Å²) in [6.07, 6.45) is 30.1. The third-order valence-corrected chi connectivity index (χ3v) is 9.21. The van der Waals surface area contributed by atoms with E-state index < -0.39 is 51.1 Å². The molecule has 288 valence electrons. The molecule has 0 rings (SSSR count). The lowest BCUT2D eigenvalue weighted by atomic mass is 10.1. The van der Waals surface area contributed by atoms with Gasteiger partial charge in [-0.05, 0) is 38.5 Å². The van der Waals surface area contributed by atoms with Crippen molar-refractivity contribution in [2.24, 2.45) is 5.73 Å². The van der Waals surface area contributed by atoms with Crippen molar-refractivity contribution >= 4 is 25.7 Å². The van der Waals surface area contributed by atoms with Crippen molar-refractivity contribution in [2.45, 2.75) is 187 Å². The fourth-order valence-corrected chi connectivity index (χ4v) is 5.95. The molecular formula is C37H70NO10P.